The molecule has 1 heterocycles. The molecular weight excluding hydrogens is 240 g/mol. The quantitative estimate of drug-likeness (QED) is 0.880. The Bertz CT molecular complexity index is 580. The van der Waals surface area contributed by atoms with E-state index in [1.54, 1.807) is 30.5 Å². The molecule has 0 unspecified atom stereocenters. The fourth-order valence-electron chi connectivity index (χ4n) is 1.61. The third kappa shape index (κ3) is 3.76. The second-order valence-electron chi connectivity index (χ2n) is 3.91. The van der Waals surface area contributed by atoms with E-state index in [9.17, 15) is 4.79 Å². The van der Waals surface area contributed by atoms with Gasteiger partial charge in [-0.25, -0.2) is 0 Å². The molecule has 0 radical (unpaired) electrons. The Morgan fingerprint density at radius 1 is 1.32 bits per heavy atom. The van der Waals surface area contributed by atoms with Gasteiger partial charge < -0.3 is 10.4 Å². The van der Waals surface area contributed by atoms with Crippen molar-refractivity contribution in [2.24, 2.45) is 0 Å². The van der Waals surface area contributed by atoms with Crippen molar-refractivity contribution in [1.82, 2.24) is 4.98 Å². The molecule has 2 rings (SSSR count). The Morgan fingerprint density at radius 3 is 2.95 bits per heavy atom. The van der Waals surface area contributed by atoms with E-state index in [1.807, 2.05) is 24.3 Å². The summed E-state index contributed by atoms with van der Waals surface area (Å²) in [4.78, 5) is 15.8. The van der Waals surface area contributed by atoms with Crippen molar-refractivity contribution in [1.29, 1.82) is 0 Å². The first kappa shape index (κ1) is 13.0. The molecule has 1 aromatic heterocycles. The first-order valence-corrected chi connectivity index (χ1v) is 5.88. The topological polar surface area (TPSA) is 62.2 Å². The van der Waals surface area contributed by atoms with Gasteiger partial charge in [-0.1, -0.05) is 24.3 Å². The van der Waals surface area contributed by atoms with Crippen LogP contribution in [0.4, 0.5) is 5.69 Å². The lowest BCUT2D eigenvalue weighted by molar-refractivity contribution is 0.102. The van der Waals surface area contributed by atoms with Crippen LogP contribution < -0.4 is 5.32 Å². The van der Waals surface area contributed by atoms with Crippen molar-refractivity contribution in [3.63, 3.8) is 0 Å². The average molecular weight is 254 g/mol. The zero-order valence-electron chi connectivity index (χ0n) is 10.3. The van der Waals surface area contributed by atoms with Gasteiger partial charge in [0.15, 0.2) is 0 Å². The number of carbonyl (C=O) groups excluding carboxylic acids is 1. The number of aromatic nitrogens is 1. The molecule has 2 N–H and O–H groups in total. The summed E-state index contributed by atoms with van der Waals surface area (Å²) in [6, 6.07) is 10.8. The summed E-state index contributed by atoms with van der Waals surface area (Å²) < 4.78 is 0. The summed E-state index contributed by atoms with van der Waals surface area (Å²) in [5.41, 5.74) is 2.13. The van der Waals surface area contributed by atoms with Crippen molar-refractivity contribution in [2.45, 2.75) is 0 Å². The van der Waals surface area contributed by atoms with E-state index in [0.717, 1.165) is 5.56 Å². The lowest BCUT2D eigenvalue weighted by atomic mass is 10.2. The van der Waals surface area contributed by atoms with Gasteiger partial charge in [0, 0.05) is 18.1 Å². The lowest BCUT2D eigenvalue weighted by Crippen LogP contribution is -2.11. The molecule has 0 bridgehead atoms. The molecule has 0 aliphatic heterocycles. The lowest BCUT2D eigenvalue weighted by Gasteiger charge is -2.05. The molecule has 0 fully saturated rings. The number of hydrogen-bond donors (Lipinski definition) is 2. The standard InChI is InChI=1S/C15H14N2O2/c18-9-3-5-12-4-1-7-14(10-12)17-15(19)13-6-2-8-16-11-13/h1-8,10-11,18H,9H2,(H,17,19)/b5-3+. The molecular formula is C15H14N2O2. The van der Waals surface area contributed by atoms with E-state index in [4.69, 9.17) is 5.11 Å². The monoisotopic (exact) mass is 254 g/mol. The van der Waals surface area contributed by atoms with Gasteiger partial charge in [-0.15, -0.1) is 0 Å². The van der Waals surface area contributed by atoms with E-state index >= 15 is 0 Å². The highest BCUT2D eigenvalue weighted by Crippen LogP contribution is 2.13. The minimum absolute atomic E-state index is 0.00767. The maximum atomic E-state index is 11.9. The van der Waals surface area contributed by atoms with Gasteiger partial charge in [-0.05, 0) is 29.8 Å². The smallest absolute Gasteiger partial charge is 0.257 e. The van der Waals surface area contributed by atoms with Crippen LogP contribution in [0.5, 0.6) is 0 Å². The maximum Gasteiger partial charge on any atom is 0.257 e. The number of rotatable bonds is 4. The number of amides is 1. The van der Waals surface area contributed by atoms with Crippen LogP contribution in [-0.2, 0) is 0 Å². The van der Waals surface area contributed by atoms with Gasteiger partial charge in [-0.3, -0.25) is 9.78 Å². The molecule has 1 amide bonds. The Kier molecular flexibility index (Phi) is 4.42. The number of aliphatic hydroxyl groups excluding tert-OH is 1. The summed E-state index contributed by atoms with van der Waals surface area (Å²) >= 11 is 0. The molecule has 2 aromatic rings. The third-order valence-electron chi connectivity index (χ3n) is 2.48. The van der Waals surface area contributed by atoms with Crippen LogP contribution in [-0.4, -0.2) is 22.6 Å². The third-order valence-corrected chi connectivity index (χ3v) is 2.48. The second kappa shape index (κ2) is 6.47. The van der Waals surface area contributed by atoms with Crippen LogP contribution >= 0.6 is 0 Å². The average Bonchev–Trinajstić information content (AvgIpc) is 2.46. The van der Waals surface area contributed by atoms with Crippen LogP contribution in [0, 0.1) is 0 Å². The summed E-state index contributed by atoms with van der Waals surface area (Å²) in [5, 5.41) is 11.5. The molecule has 0 aliphatic rings. The molecule has 0 spiro atoms. The number of hydrogen-bond acceptors (Lipinski definition) is 3. The predicted molar refractivity (Wildman–Crippen MR) is 74.8 cm³/mol. The summed E-state index contributed by atoms with van der Waals surface area (Å²) in [6.45, 7) is -0.00767. The highest BCUT2D eigenvalue weighted by Gasteiger charge is 2.05. The normalized spacial score (nSPS) is 10.6. The number of aliphatic hydroxyl groups is 1. The van der Waals surface area contributed by atoms with E-state index in [0.29, 0.717) is 11.3 Å². The Hall–Kier alpha value is -2.46. The van der Waals surface area contributed by atoms with Crippen LogP contribution in [0.2, 0.25) is 0 Å². The fourth-order valence-corrected chi connectivity index (χ4v) is 1.61. The van der Waals surface area contributed by atoms with Crippen LogP contribution in [0.25, 0.3) is 6.08 Å². The van der Waals surface area contributed by atoms with Gasteiger partial charge in [-0.2, -0.15) is 0 Å². The number of carbonyl (C=O) groups is 1. The molecule has 0 atom stereocenters. The zero-order chi connectivity index (χ0) is 13.5. The van der Waals surface area contributed by atoms with Crippen molar-refractivity contribution in [2.75, 3.05) is 11.9 Å². The molecule has 4 heteroatoms. The summed E-state index contributed by atoms with van der Waals surface area (Å²) in [6.07, 6.45) is 6.57. The molecule has 0 saturated carbocycles. The number of nitrogens with zero attached hydrogens (tertiary/aromatic N) is 1. The van der Waals surface area contributed by atoms with Crippen molar-refractivity contribution in [3.8, 4) is 0 Å². The highest BCUT2D eigenvalue weighted by molar-refractivity contribution is 6.04. The Labute approximate surface area is 111 Å². The first-order chi connectivity index (χ1) is 9.29. The number of benzene rings is 1. The number of pyridine rings is 1. The van der Waals surface area contributed by atoms with E-state index in [-0.39, 0.29) is 12.5 Å². The molecule has 19 heavy (non-hydrogen) atoms. The number of nitrogens with one attached hydrogen (secondary N) is 1. The van der Waals surface area contributed by atoms with Crippen LogP contribution in [0.1, 0.15) is 15.9 Å². The van der Waals surface area contributed by atoms with Crippen molar-refractivity contribution in [3.05, 3.63) is 66.0 Å². The molecule has 1 aromatic carbocycles. The van der Waals surface area contributed by atoms with E-state index in [2.05, 4.69) is 10.3 Å². The summed E-state index contributed by atoms with van der Waals surface area (Å²) in [5.74, 6) is -0.198. The van der Waals surface area contributed by atoms with Crippen molar-refractivity contribution >= 4 is 17.7 Å². The molecule has 0 aliphatic carbocycles. The highest BCUT2D eigenvalue weighted by atomic mass is 16.2. The van der Waals surface area contributed by atoms with E-state index in [1.165, 1.54) is 6.20 Å². The van der Waals surface area contributed by atoms with E-state index < -0.39 is 0 Å². The fraction of sp³-hybridized carbons (Fsp3) is 0.0667. The zero-order valence-corrected chi connectivity index (χ0v) is 10.3. The SMILES string of the molecule is O=C(Nc1cccc(/C=C/CO)c1)c1cccnc1. The summed E-state index contributed by atoms with van der Waals surface area (Å²) in [7, 11) is 0. The van der Waals surface area contributed by atoms with Crippen LogP contribution in [0.3, 0.4) is 0 Å². The number of anilines is 1. The van der Waals surface area contributed by atoms with Crippen molar-refractivity contribution < 1.29 is 9.90 Å². The predicted octanol–water partition coefficient (Wildman–Crippen LogP) is 2.34. The Morgan fingerprint density at radius 2 is 2.21 bits per heavy atom. The molecule has 4 nitrogen and oxygen atoms in total. The van der Waals surface area contributed by atoms with Gasteiger partial charge in [0.25, 0.3) is 5.91 Å². The second-order valence-corrected chi connectivity index (χ2v) is 3.91. The van der Waals surface area contributed by atoms with Gasteiger partial charge in [0.2, 0.25) is 0 Å². The first-order valence-electron chi connectivity index (χ1n) is 5.88. The largest absolute Gasteiger partial charge is 0.392 e. The minimum Gasteiger partial charge on any atom is -0.392 e. The van der Waals surface area contributed by atoms with Gasteiger partial charge >= 0.3 is 0 Å². The van der Waals surface area contributed by atoms with Gasteiger partial charge in [0.1, 0.15) is 0 Å². The molecule has 0 saturated heterocycles. The molecule has 96 valence electrons. The Balaban J connectivity index is 2.11. The van der Waals surface area contributed by atoms with Gasteiger partial charge in [0.05, 0.1) is 12.2 Å². The minimum atomic E-state index is -0.198. The maximum absolute atomic E-state index is 11.9. The van der Waals surface area contributed by atoms with Crippen LogP contribution in [0.15, 0.2) is 54.9 Å².